The Hall–Kier alpha value is -2.62. The van der Waals surface area contributed by atoms with Crippen LogP contribution in [-0.2, 0) is 9.47 Å². The van der Waals surface area contributed by atoms with Crippen LogP contribution in [-0.4, -0.2) is 25.2 Å². The smallest absolute Gasteiger partial charge is 0.338 e. The first-order chi connectivity index (χ1) is 10.7. The van der Waals surface area contributed by atoms with E-state index in [9.17, 15) is 9.59 Å². The zero-order valence-corrected chi connectivity index (χ0v) is 12.7. The maximum atomic E-state index is 11.8. The Morgan fingerprint density at radius 2 is 1.36 bits per heavy atom. The minimum absolute atomic E-state index is 0.339. The second-order valence-electron chi connectivity index (χ2n) is 4.60. The van der Waals surface area contributed by atoms with Crippen LogP contribution in [0.15, 0.2) is 48.5 Å². The van der Waals surface area contributed by atoms with E-state index in [-0.39, 0.29) is 11.9 Å². The zero-order valence-electron chi connectivity index (χ0n) is 12.7. The molecule has 4 heteroatoms. The first kappa shape index (κ1) is 15.8. The van der Waals surface area contributed by atoms with Crippen molar-refractivity contribution in [3.63, 3.8) is 0 Å². The Bertz CT molecular complexity index is 659. The Balaban J connectivity index is 2.23. The lowest BCUT2D eigenvalue weighted by atomic mass is 10.0. The average Bonchev–Trinajstić information content (AvgIpc) is 2.55. The van der Waals surface area contributed by atoms with Crippen LogP contribution in [0.5, 0.6) is 0 Å². The number of benzene rings is 2. The summed E-state index contributed by atoms with van der Waals surface area (Å²) in [5.74, 6) is -0.679. The highest BCUT2D eigenvalue weighted by molar-refractivity contribution is 5.92. The first-order valence-electron chi connectivity index (χ1n) is 7.20. The van der Waals surface area contributed by atoms with Gasteiger partial charge in [-0.25, -0.2) is 9.59 Å². The minimum Gasteiger partial charge on any atom is -0.462 e. The summed E-state index contributed by atoms with van der Waals surface area (Å²) in [6.45, 7) is 4.24. The van der Waals surface area contributed by atoms with Crippen LogP contribution in [0.4, 0.5) is 0 Å². The third kappa shape index (κ3) is 3.73. The highest BCUT2D eigenvalue weighted by Gasteiger charge is 2.09. The van der Waals surface area contributed by atoms with Crippen molar-refractivity contribution in [1.29, 1.82) is 0 Å². The molecule has 2 aromatic carbocycles. The molecule has 0 spiro atoms. The van der Waals surface area contributed by atoms with Gasteiger partial charge in [0.15, 0.2) is 0 Å². The van der Waals surface area contributed by atoms with Crippen molar-refractivity contribution in [1.82, 2.24) is 0 Å². The molecule has 0 radical (unpaired) electrons. The predicted octanol–water partition coefficient (Wildman–Crippen LogP) is 3.71. The quantitative estimate of drug-likeness (QED) is 0.790. The normalized spacial score (nSPS) is 10.1. The number of carbonyl (C=O) groups excluding carboxylic acids is 2. The highest BCUT2D eigenvalue weighted by atomic mass is 16.5. The molecule has 0 heterocycles. The summed E-state index contributed by atoms with van der Waals surface area (Å²) in [6.07, 6.45) is 0. The molecule has 4 nitrogen and oxygen atoms in total. The van der Waals surface area contributed by atoms with E-state index in [0.717, 1.165) is 11.1 Å². The molecule has 0 bridgehead atoms. The number of esters is 2. The number of rotatable bonds is 5. The number of carbonyl (C=O) groups is 2. The van der Waals surface area contributed by atoms with Gasteiger partial charge in [0, 0.05) is 0 Å². The summed E-state index contributed by atoms with van der Waals surface area (Å²) in [6, 6.07) is 14.3. The maximum absolute atomic E-state index is 11.8. The van der Waals surface area contributed by atoms with E-state index in [1.807, 2.05) is 18.2 Å². The van der Waals surface area contributed by atoms with Crippen LogP contribution < -0.4 is 0 Å². The fraction of sp³-hybridized carbons (Fsp3) is 0.222. The summed E-state index contributed by atoms with van der Waals surface area (Å²) in [4.78, 5) is 23.4. The summed E-state index contributed by atoms with van der Waals surface area (Å²) in [7, 11) is 0. The van der Waals surface area contributed by atoms with E-state index >= 15 is 0 Å². The Labute approximate surface area is 129 Å². The van der Waals surface area contributed by atoms with Crippen molar-refractivity contribution < 1.29 is 19.1 Å². The van der Waals surface area contributed by atoms with Gasteiger partial charge < -0.3 is 9.47 Å². The Morgan fingerprint density at radius 1 is 0.773 bits per heavy atom. The molecule has 0 unspecified atom stereocenters. The number of ether oxygens (including phenoxy) is 2. The summed E-state index contributed by atoms with van der Waals surface area (Å²) < 4.78 is 9.95. The molecule has 0 fully saturated rings. The van der Waals surface area contributed by atoms with E-state index in [4.69, 9.17) is 9.47 Å². The summed E-state index contributed by atoms with van der Waals surface area (Å²) in [5, 5.41) is 0. The second kappa shape index (κ2) is 7.41. The molecule has 0 saturated heterocycles. The standard InChI is InChI=1S/C18H18O4/c1-3-21-17(19)14-10-8-13(9-11-14)15-6-5-7-16(12-15)18(20)22-4-2/h5-12H,3-4H2,1-2H3. The van der Waals surface area contributed by atoms with Gasteiger partial charge in [0.25, 0.3) is 0 Å². The van der Waals surface area contributed by atoms with Crippen LogP contribution in [0.25, 0.3) is 11.1 Å². The molecule has 114 valence electrons. The predicted molar refractivity (Wildman–Crippen MR) is 83.8 cm³/mol. The van der Waals surface area contributed by atoms with Crippen molar-refractivity contribution in [3.8, 4) is 11.1 Å². The van der Waals surface area contributed by atoms with Crippen molar-refractivity contribution in [3.05, 3.63) is 59.7 Å². The SMILES string of the molecule is CCOC(=O)c1ccc(-c2cccc(C(=O)OCC)c2)cc1. The molecule has 0 aliphatic rings. The van der Waals surface area contributed by atoms with Crippen molar-refractivity contribution in [2.24, 2.45) is 0 Å². The van der Waals surface area contributed by atoms with Crippen LogP contribution >= 0.6 is 0 Å². The van der Waals surface area contributed by atoms with Crippen LogP contribution in [0.1, 0.15) is 34.6 Å². The molecule has 0 amide bonds. The van der Waals surface area contributed by atoms with Gasteiger partial charge in [0.2, 0.25) is 0 Å². The van der Waals surface area contributed by atoms with Gasteiger partial charge in [-0.1, -0.05) is 24.3 Å². The molecule has 2 rings (SSSR count). The summed E-state index contributed by atoms with van der Waals surface area (Å²) in [5.41, 5.74) is 2.82. The maximum Gasteiger partial charge on any atom is 0.338 e. The third-order valence-corrected chi connectivity index (χ3v) is 3.10. The molecule has 0 saturated carbocycles. The lowest BCUT2D eigenvalue weighted by Gasteiger charge is -2.06. The van der Waals surface area contributed by atoms with Gasteiger partial charge in [0.1, 0.15) is 0 Å². The monoisotopic (exact) mass is 298 g/mol. The minimum atomic E-state index is -0.340. The molecule has 2 aromatic rings. The van der Waals surface area contributed by atoms with Crippen molar-refractivity contribution in [2.45, 2.75) is 13.8 Å². The number of hydrogen-bond acceptors (Lipinski definition) is 4. The van der Waals surface area contributed by atoms with E-state index in [1.165, 1.54) is 0 Å². The van der Waals surface area contributed by atoms with Crippen LogP contribution in [0, 0.1) is 0 Å². The molecule has 0 aromatic heterocycles. The van der Waals surface area contributed by atoms with Gasteiger partial charge in [-0.15, -0.1) is 0 Å². The van der Waals surface area contributed by atoms with Crippen LogP contribution in [0.2, 0.25) is 0 Å². The van der Waals surface area contributed by atoms with Gasteiger partial charge in [-0.2, -0.15) is 0 Å². The third-order valence-electron chi connectivity index (χ3n) is 3.10. The molecular formula is C18H18O4. The van der Waals surface area contributed by atoms with Gasteiger partial charge >= 0.3 is 11.9 Å². The fourth-order valence-corrected chi connectivity index (χ4v) is 2.05. The zero-order chi connectivity index (χ0) is 15.9. The first-order valence-corrected chi connectivity index (χ1v) is 7.20. The van der Waals surface area contributed by atoms with Gasteiger partial charge in [-0.05, 0) is 49.2 Å². The van der Waals surface area contributed by atoms with E-state index in [0.29, 0.717) is 24.3 Å². The molecular weight excluding hydrogens is 280 g/mol. The number of hydrogen-bond donors (Lipinski definition) is 0. The molecule has 0 atom stereocenters. The van der Waals surface area contributed by atoms with Crippen molar-refractivity contribution >= 4 is 11.9 Å². The average molecular weight is 298 g/mol. The molecule has 0 N–H and O–H groups in total. The van der Waals surface area contributed by atoms with E-state index in [1.54, 1.807) is 44.2 Å². The van der Waals surface area contributed by atoms with Gasteiger partial charge in [0.05, 0.1) is 24.3 Å². The topological polar surface area (TPSA) is 52.6 Å². The molecule has 0 aliphatic heterocycles. The Kier molecular flexibility index (Phi) is 5.31. The highest BCUT2D eigenvalue weighted by Crippen LogP contribution is 2.21. The van der Waals surface area contributed by atoms with Crippen LogP contribution in [0.3, 0.4) is 0 Å². The van der Waals surface area contributed by atoms with Gasteiger partial charge in [-0.3, -0.25) is 0 Å². The van der Waals surface area contributed by atoms with Crippen molar-refractivity contribution in [2.75, 3.05) is 13.2 Å². The largest absolute Gasteiger partial charge is 0.462 e. The lowest BCUT2D eigenvalue weighted by molar-refractivity contribution is 0.0517. The lowest BCUT2D eigenvalue weighted by Crippen LogP contribution is -2.05. The van der Waals surface area contributed by atoms with E-state index in [2.05, 4.69) is 0 Å². The van der Waals surface area contributed by atoms with E-state index < -0.39 is 0 Å². The summed E-state index contributed by atoms with van der Waals surface area (Å²) >= 11 is 0. The molecule has 22 heavy (non-hydrogen) atoms. The molecule has 0 aliphatic carbocycles. The Morgan fingerprint density at radius 3 is 1.95 bits per heavy atom. The second-order valence-corrected chi connectivity index (χ2v) is 4.60. The fourth-order valence-electron chi connectivity index (χ4n) is 2.05.